The first-order chi connectivity index (χ1) is 12.2. The minimum absolute atomic E-state index is 0.00286. The molecule has 0 aliphatic carbocycles. The van der Waals surface area contributed by atoms with Crippen LogP contribution in [0.4, 0.5) is 0 Å². The smallest absolute Gasteiger partial charge is 0.191 e. The Kier molecular flexibility index (Phi) is 7.85. The number of ether oxygens (including phenoxy) is 2. The average Bonchev–Trinajstić information content (AvgIpc) is 3.10. The second-order valence-electron chi connectivity index (χ2n) is 6.46. The number of para-hydroxylation sites is 2. The van der Waals surface area contributed by atoms with Gasteiger partial charge in [-0.1, -0.05) is 19.1 Å². The Labute approximate surface area is 151 Å². The first kappa shape index (κ1) is 19.4. The molecule has 0 spiro atoms. The number of rotatable bonds is 8. The summed E-state index contributed by atoms with van der Waals surface area (Å²) < 4.78 is 11.3. The van der Waals surface area contributed by atoms with E-state index in [0.717, 1.165) is 30.5 Å². The molecule has 140 valence electrons. The average molecular weight is 348 g/mol. The lowest BCUT2D eigenvalue weighted by Gasteiger charge is -2.20. The van der Waals surface area contributed by atoms with E-state index in [1.165, 1.54) is 19.5 Å². The molecule has 1 saturated heterocycles. The third kappa shape index (κ3) is 6.12. The Balaban J connectivity index is 1.73. The summed E-state index contributed by atoms with van der Waals surface area (Å²) in [5, 5.41) is 6.77. The van der Waals surface area contributed by atoms with Gasteiger partial charge >= 0.3 is 0 Å². The van der Waals surface area contributed by atoms with Gasteiger partial charge < -0.3 is 25.0 Å². The molecule has 2 N–H and O–H groups in total. The second kappa shape index (κ2) is 10.1. The van der Waals surface area contributed by atoms with Crippen molar-refractivity contribution in [3.63, 3.8) is 0 Å². The number of nitrogens with zero attached hydrogens (tertiary/aromatic N) is 2. The van der Waals surface area contributed by atoms with Crippen molar-refractivity contribution < 1.29 is 9.47 Å². The van der Waals surface area contributed by atoms with Crippen LogP contribution in [0.2, 0.25) is 0 Å². The summed E-state index contributed by atoms with van der Waals surface area (Å²) in [6.07, 6.45) is 1.25. The standard InChI is InChI=1S/C19H32N4O2/c1-5-23-11-10-16(14-23)13-22-19(20-3)21-12-15(2)25-18-9-7-6-8-17(18)24-4/h6-9,15-16H,5,10-14H2,1-4H3,(H2,20,21,22). The lowest BCUT2D eigenvalue weighted by Crippen LogP contribution is -2.43. The molecule has 0 amide bonds. The molecule has 2 unspecified atom stereocenters. The van der Waals surface area contributed by atoms with Gasteiger partial charge in [-0.3, -0.25) is 4.99 Å². The van der Waals surface area contributed by atoms with Crippen LogP contribution in [-0.4, -0.2) is 63.8 Å². The quantitative estimate of drug-likeness (QED) is 0.556. The highest BCUT2D eigenvalue weighted by Gasteiger charge is 2.21. The van der Waals surface area contributed by atoms with Gasteiger partial charge in [0.2, 0.25) is 0 Å². The van der Waals surface area contributed by atoms with E-state index in [2.05, 4.69) is 27.4 Å². The molecular formula is C19H32N4O2. The highest BCUT2D eigenvalue weighted by Crippen LogP contribution is 2.26. The number of nitrogens with one attached hydrogen (secondary N) is 2. The minimum atomic E-state index is -0.00286. The van der Waals surface area contributed by atoms with E-state index in [1.807, 2.05) is 31.2 Å². The molecule has 1 aliphatic heterocycles. The van der Waals surface area contributed by atoms with E-state index >= 15 is 0 Å². The first-order valence-corrected chi connectivity index (χ1v) is 9.12. The summed E-state index contributed by atoms with van der Waals surface area (Å²) in [7, 11) is 3.45. The predicted octanol–water partition coefficient (Wildman–Crippen LogP) is 1.97. The van der Waals surface area contributed by atoms with Crippen LogP contribution < -0.4 is 20.1 Å². The maximum Gasteiger partial charge on any atom is 0.191 e. The number of methoxy groups -OCH3 is 1. The molecule has 1 aromatic carbocycles. The van der Waals surface area contributed by atoms with Crippen LogP contribution in [0.3, 0.4) is 0 Å². The Morgan fingerprint density at radius 3 is 2.72 bits per heavy atom. The van der Waals surface area contributed by atoms with Crippen molar-refractivity contribution in [2.75, 3.05) is 46.9 Å². The predicted molar refractivity (Wildman–Crippen MR) is 103 cm³/mol. The van der Waals surface area contributed by atoms with Crippen molar-refractivity contribution in [1.82, 2.24) is 15.5 Å². The zero-order valence-electron chi connectivity index (χ0n) is 15.9. The van der Waals surface area contributed by atoms with E-state index in [1.54, 1.807) is 14.2 Å². The van der Waals surface area contributed by atoms with Gasteiger partial charge in [0.15, 0.2) is 17.5 Å². The van der Waals surface area contributed by atoms with Crippen molar-refractivity contribution in [2.45, 2.75) is 26.4 Å². The van der Waals surface area contributed by atoms with Gasteiger partial charge in [0.1, 0.15) is 6.10 Å². The Bertz CT molecular complexity index is 550. The maximum atomic E-state index is 5.96. The summed E-state index contributed by atoms with van der Waals surface area (Å²) in [5.74, 6) is 3.03. The van der Waals surface area contributed by atoms with E-state index in [4.69, 9.17) is 9.47 Å². The number of aliphatic imine (C=N–C) groups is 1. The van der Waals surface area contributed by atoms with Crippen LogP contribution in [-0.2, 0) is 0 Å². The van der Waals surface area contributed by atoms with Crippen LogP contribution in [0.25, 0.3) is 0 Å². The number of guanidine groups is 1. The summed E-state index contributed by atoms with van der Waals surface area (Å²) >= 11 is 0. The minimum Gasteiger partial charge on any atom is -0.493 e. The van der Waals surface area contributed by atoms with Gasteiger partial charge in [-0.15, -0.1) is 0 Å². The van der Waals surface area contributed by atoms with Gasteiger partial charge in [0, 0.05) is 20.1 Å². The summed E-state index contributed by atoms with van der Waals surface area (Å²) in [5.41, 5.74) is 0. The van der Waals surface area contributed by atoms with Gasteiger partial charge in [-0.25, -0.2) is 0 Å². The Morgan fingerprint density at radius 2 is 2.08 bits per heavy atom. The van der Waals surface area contributed by atoms with Crippen LogP contribution in [0.5, 0.6) is 11.5 Å². The summed E-state index contributed by atoms with van der Waals surface area (Å²) in [6.45, 7) is 9.40. The van der Waals surface area contributed by atoms with Gasteiger partial charge in [-0.2, -0.15) is 0 Å². The molecule has 0 aromatic heterocycles. The van der Waals surface area contributed by atoms with Crippen molar-refractivity contribution in [1.29, 1.82) is 0 Å². The number of hydrogen-bond acceptors (Lipinski definition) is 4. The van der Waals surface area contributed by atoms with E-state index in [0.29, 0.717) is 12.5 Å². The van der Waals surface area contributed by atoms with E-state index in [9.17, 15) is 0 Å². The molecule has 25 heavy (non-hydrogen) atoms. The zero-order chi connectivity index (χ0) is 18.1. The molecule has 1 aliphatic rings. The SMILES string of the molecule is CCN1CCC(CNC(=NC)NCC(C)Oc2ccccc2OC)C1. The van der Waals surface area contributed by atoms with Crippen molar-refractivity contribution in [3.05, 3.63) is 24.3 Å². The lowest BCUT2D eigenvalue weighted by molar-refractivity contribution is 0.213. The molecule has 1 fully saturated rings. The Hall–Kier alpha value is -1.95. The third-order valence-corrected chi connectivity index (χ3v) is 4.55. The van der Waals surface area contributed by atoms with Crippen LogP contribution in [0, 0.1) is 5.92 Å². The largest absolute Gasteiger partial charge is 0.493 e. The molecule has 2 rings (SSSR count). The number of hydrogen-bond donors (Lipinski definition) is 2. The van der Waals surface area contributed by atoms with Crippen molar-refractivity contribution >= 4 is 5.96 Å². The topological polar surface area (TPSA) is 58.1 Å². The highest BCUT2D eigenvalue weighted by atomic mass is 16.5. The fraction of sp³-hybridized carbons (Fsp3) is 0.632. The van der Waals surface area contributed by atoms with E-state index < -0.39 is 0 Å². The normalized spacial score (nSPS) is 19.5. The molecule has 0 saturated carbocycles. The third-order valence-electron chi connectivity index (χ3n) is 4.55. The monoisotopic (exact) mass is 348 g/mol. The fourth-order valence-electron chi connectivity index (χ4n) is 3.04. The zero-order valence-corrected chi connectivity index (χ0v) is 15.9. The molecule has 6 nitrogen and oxygen atoms in total. The molecule has 0 radical (unpaired) electrons. The van der Waals surface area contributed by atoms with Crippen LogP contribution in [0.15, 0.2) is 29.3 Å². The second-order valence-corrected chi connectivity index (χ2v) is 6.46. The van der Waals surface area contributed by atoms with Gasteiger partial charge in [-0.05, 0) is 44.5 Å². The van der Waals surface area contributed by atoms with Crippen LogP contribution in [0.1, 0.15) is 20.3 Å². The van der Waals surface area contributed by atoms with E-state index in [-0.39, 0.29) is 6.10 Å². The number of likely N-dealkylation sites (tertiary alicyclic amines) is 1. The Morgan fingerprint density at radius 1 is 1.32 bits per heavy atom. The lowest BCUT2D eigenvalue weighted by atomic mass is 10.1. The maximum absolute atomic E-state index is 5.96. The molecular weight excluding hydrogens is 316 g/mol. The van der Waals surface area contributed by atoms with Crippen molar-refractivity contribution in [2.24, 2.45) is 10.9 Å². The van der Waals surface area contributed by atoms with Crippen LogP contribution >= 0.6 is 0 Å². The van der Waals surface area contributed by atoms with Crippen molar-refractivity contribution in [3.8, 4) is 11.5 Å². The molecule has 2 atom stereocenters. The highest BCUT2D eigenvalue weighted by molar-refractivity contribution is 5.79. The molecule has 1 aromatic rings. The van der Waals surface area contributed by atoms with Gasteiger partial charge in [0.25, 0.3) is 0 Å². The fourth-order valence-corrected chi connectivity index (χ4v) is 3.04. The molecule has 6 heteroatoms. The molecule has 0 bridgehead atoms. The summed E-state index contributed by atoms with van der Waals surface area (Å²) in [4.78, 5) is 6.79. The van der Waals surface area contributed by atoms with Gasteiger partial charge in [0.05, 0.1) is 13.7 Å². The molecule has 1 heterocycles. The number of benzene rings is 1. The summed E-state index contributed by atoms with van der Waals surface area (Å²) in [6, 6.07) is 7.70. The first-order valence-electron chi connectivity index (χ1n) is 9.12.